The molecule has 1 N–H and O–H groups in total. The smallest absolute Gasteiger partial charge is 0.225 e. The molecule has 6 heteroatoms. The molecule has 27 heavy (non-hydrogen) atoms. The van der Waals surface area contributed by atoms with Crippen LogP contribution in [0.25, 0.3) is 0 Å². The predicted molar refractivity (Wildman–Crippen MR) is 105 cm³/mol. The van der Waals surface area contributed by atoms with Crippen molar-refractivity contribution in [3.05, 3.63) is 0 Å². The first kappa shape index (κ1) is 20.6. The molecule has 1 saturated carbocycles. The van der Waals surface area contributed by atoms with Gasteiger partial charge in [-0.2, -0.15) is 0 Å². The molecule has 0 spiro atoms. The summed E-state index contributed by atoms with van der Waals surface area (Å²) >= 11 is 0. The molecule has 1 atom stereocenters. The van der Waals surface area contributed by atoms with E-state index in [1.165, 1.54) is 6.42 Å². The Bertz CT molecular complexity index is 485. The summed E-state index contributed by atoms with van der Waals surface area (Å²) in [5.41, 5.74) is 0. The molecular weight excluding hydrogens is 342 g/mol. The van der Waals surface area contributed by atoms with Gasteiger partial charge in [0, 0.05) is 50.6 Å². The van der Waals surface area contributed by atoms with E-state index < -0.39 is 0 Å². The van der Waals surface area contributed by atoms with Gasteiger partial charge in [-0.05, 0) is 51.4 Å². The molecule has 0 radical (unpaired) electrons. The Morgan fingerprint density at radius 2 is 1.67 bits per heavy atom. The Kier molecular flexibility index (Phi) is 7.94. The second kappa shape index (κ2) is 10.4. The molecule has 0 aromatic carbocycles. The van der Waals surface area contributed by atoms with E-state index in [2.05, 4.69) is 22.0 Å². The lowest BCUT2D eigenvalue weighted by Crippen LogP contribution is -2.47. The summed E-state index contributed by atoms with van der Waals surface area (Å²) in [5, 5.41) is 3.11. The standard InChI is InChI=1S/C21H37N3O3/c1-2-19-5-3-4-11-24(19)21(26)18-8-6-17(7-9-18)20(25)22-10-12-23-13-15-27-16-14-23/h17-19H,2-16H2,1H3,(H,22,25). The molecule has 0 aromatic rings. The fourth-order valence-electron chi connectivity index (χ4n) is 4.86. The van der Waals surface area contributed by atoms with Crippen molar-refractivity contribution >= 4 is 11.8 Å². The lowest BCUT2D eigenvalue weighted by atomic mass is 9.80. The quantitative estimate of drug-likeness (QED) is 0.767. The van der Waals surface area contributed by atoms with Crippen molar-refractivity contribution in [1.82, 2.24) is 15.1 Å². The Labute approximate surface area is 164 Å². The third kappa shape index (κ3) is 5.67. The fourth-order valence-corrected chi connectivity index (χ4v) is 4.86. The maximum atomic E-state index is 13.0. The number of morpholine rings is 1. The molecule has 2 heterocycles. The summed E-state index contributed by atoms with van der Waals surface area (Å²) < 4.78 is 5.35. The van der Waals surface area contributed by atoms with Crippen LogP contribution in [-0.2, 0) is 14.3 Å². The van der Waals surface area contributed by atoms with Crippen LogP contribution < -0.4 is 5.32 Å². The second-order valence-corrected chi connectivity index (χ2v) is 8.38. The lowest BCUT2D eigenvalue weighted by Gasteiger charge is -2.39. The van der Waals surface area contributed by atoms with Crippen LogP contribution >= 0.6 is 0 Å². The summed E-state index contributed by atoms with van der Waals surface area (Å²) in [5.74, 6) is 0.753. The van der Waals surface area contributed by atoms with E-state index >= 15 is 0 Å². The number of rotatable bonds is 6. The Morgan fingerprint density at radius 1 is 0.963 bits per heavy atom. The number of carbonyl (C=O) groups is 2. The Balaban J connectivity index is 1.37. The molecule has 0 aromatic heterocycles. The summed E-state index contributed by atoms with van der Waals surface area (Å²) in [6, 6.07) is 0.437. The summed E-state index contributed by atoms with van der Waals surface area (Å²) in [6.07, 6.45) is 8.05. The fraction of sp³-hybridized carbons (Fsp3) is 0.905. The lowest BCUT2D eigenvalue weighted by molar-refractivity contribution is -0.142. The Hall–Kier alpha value is -1.14. The van der Waals surface area contributed by atoms with Crippen molar-refractivity contribution in [2.75, 3.05) is 45.9 Å². The third-order valence-electron chi connectivity index (χ3n) is 6.66. The van der Waals surface area contributed by atoms with E-state index in [4.69, 9.17) is 4.74 Å². The molecule has 0 bridgehead atoms. The molecule has 2 amide bonds. The van der Waals surface area contributed by atoms with Gasteiger partial charge >= 0.3 is 0 Å². The molecule has 2 aliphatic heterocycles. The first-order valence-corrected chi connectivity index (χ1v) is 11.1. The second-order valence-electron chi connectivity index (χ2n) is 8.38. The monoisotopic (exact) mass is 379 g/mol. The number of ether oxygens (including phenoxy) is 1. The van der Waals surface area contributed by atoms with E-state index in [9.17, 15) is 9.59 Å². The highest BCUT2D eigenvalue weighted by molar-refractivity contribution is 5.81. The van der Waals surface area contributed by atoms with Crippen LogP contribution in [0.1, 0.15) is 58.3 Å². The topological polar surface area (TPSA) is 61.9 Å². The predicted octanol–water partition coefficient (Wildman–Crippen LogP) is 2.03. The average Bonchev–Trinajstić information content (AvgIpc) is 2.74. The van der Waals surface area contributed by atoms with Crippen molar-refractivity contribution < 1.29 is 14.3 Å². The van der Waals surface area contributed by atoms with Crippen molar-refractivity contribution in [3.63, 3.8) is 0 Å². The first-order chi connectivity index (χ1) is 13.2. The minimum atomic E-state index is 0.0852. The number of hydrogen-bond donors (Lipinski definition) is 1. The van der Waals surface area contributed by atoms with E-state index in [1.807, 2.05) is 0 Å². The largest absolute Gasteiger partial charge is 0.379 e. The summed E-state index contributed by atoms with van der Waals surface area (Å²) in [6.45, 7) is 8.23. The number of amides is 2. The molecule has 3 rings (SSSR count). The molecule has 154 valence electrons. The number of hydrogen-bond acceptors (Lipinski definition) is 4. The summed E-state index contributed by atoms with van der Waals surface area (Å²) in [7, 11) is 0. The molecule has 6 nitrogen and oxygen atoms in total. The van der Waals surface area contributed by atoms with Crippen molar-refractivity contribution in [3.8, 4) is 0 Å². The highest BCUT2D eigenvalue weighted by Gasteiger charge is 2.34. The SMILES string of the molecule is CCC1CCCCN1C(=O)C1CCC(C(=O)NCCN2CCOCC2)CC1. The van der Waals surface area contributed by atoms with Gasteiger partial charge in [-0.3, -0.25) is 14.5 Å². The van der Waals surface area contributed by atoms with Crippen molar-refractivity contribution in [1.29, 1.82) is 0 Å². The van der Waals surface area contributed by atoms with Gasteiger partial charge in [-0.25, -0.2) is 0 Å². The van der Waals surface area contributed by atoms with Crippen LogP contribution in [0.3, 0.4) is 0 Å². The van der Waals surface area contributed by atoms with Gasteiger partial charge < -0.3 is 15.0 Å². The van der Waals surface area contributed by atoms with Crippen molar-refractivity contribution in [2.24, 2.45) is 11.8 Å². The molecular formula is C21H37N3O3. The van der Waals surface area contributed by atoms with E-state index in [1.54, 1.807) is 0 Å². The van der Waals surface area contributed by atoms with Gasteiger partial charge in [0.15, 0.2) is 0 Å². The maximum absolute atomic E-state index is 13.0. The number of likely N-dealkylation sites (tertiary alicyclic amines) is 1. The van der Waals surface area contributed by atoms with Crippen LogP contribution in [0.5, 0.6) is 0 Å². The van der Waals surface area contributed by atoms with Gasteiger partial charge in [-0.1, -0.05) is 6.92 Å². The molecule has 1 aliphatic carbocycles. The molecule has 2 saturated heterocycles. The normalized spacial score (nSPS) is 30.1. The minimum Gasteiger partial charge on any atom is -0.379 e. The first-order valence-electron chi connectivity index (χ1n) is 11.1. The maximum Gasteiger partial charge on any atom is 0.225 e. The number of nitrogens with zero attached hydrogens (tertiary/aromatic N) is 2. The highest BCUT2D eigenvalue weighted by Crippen LogP contribution is 2.32. The van der Waals surface area contributed by atoms with Crippen LogP contribution in [0.2, 0.25) is 0 Å². The van der Waals surface area contributed by atoms with Gasteiger partial charge in [0.1, 0.15) is 0 Å². The zero-order valence-corrected chi connectivity index (χ0v) is 17.0. The van der Waals surface area contributed by atoms with Gasteiger partial charge in [0.25, 0.3) is 0 Å². The van der Waals surface area contributed by atoms with Crippen LogP contribution in [0, 0.1) is 11.8 Å². The summed E-state index contributed by atoms with van der Waals surface area (Å²) in [4.78, 5) is 29.9. The van der Waals surface area contributed by atoms with E-state index in [0.717, 1.165) is 84.3 Å². The zero-order chi connectivity index (χ0) is 19.1. The van der Waals surface area contributed by atoms with Crippen LogP contribution in [-0.4, -0.2) is 73.6 Å². The zero-order valence-electron chi connectivity index (χ0n) is 17.0. The van der Waals surface area contributed by atoms with Crippen LogP contribution in [0.4, 0.5) is 0 Å². The third-order valence-corrected chi connectivity index (χ3v) is 6.66. The van der Waals surface area contributed by atoms with Gasteiger partial charge in [0.05, 0.1) is 13.2 Å². The average molecular weight is 380 g/mol. The molecule has 1 unspecified atom stereocenters. The van der Waals surface area contributed by atoms with E-state index in [-0.39, 0.29) is 17.7 Å². The van der Waals surface area contributed by atoms with Crippen LogP contribution in [0.15, 0.2) is 0 Å². The highest BCUT2D eigenvalue weighted by atomic mass is 16.5. The number of carbonyl (C=O) groups excluding carboxylic acids is 2. The molecule has 3 fully saturated rings. The number of nitrogens with one attached hydrogen (secondary N) is 1. The molecule has 3 aliphatic rings. The Morgan fingerprint density at radius 3 is 2.37 bits per heavy atom. The van der Waals surface area contributed by atoms with Crippen molar-refractivity contribution in [2.45, 2.75) is 64.3 Å². The van der Waals surface area contributed by atoms with E-state index in [0.29, 0.717) is 18.5 Å². The van der Waals surface area contributed by atoms with Gasteiger partial charge in [-0.15, -0.1) is 0 Å². The van der Waals surface area contributed by atoms with Gasteiger partial charge in [0.2, 0.25) is 11.8 Å². The number of piperidine rings is 1. The minimum absolute atomic E-state index is 0.0852.